The van der Waals surface area contributed by atoms with Gasteiger partial charge in [-0.05, 0) is 13.8 Å². The zero-order valence-electron chi connectivity index (χ0n) is 9.30. The predicted molar refractivity (Wildman–Crippen MR) is 57.1 cm³/mol. The Morgan fingerprint density at radius 3 is 2.81 bits per heavy atom. The van der Waals surface area contributed by atoms with Gasteiger partial charge in [-0.3, -0.25) is 14.3 Å². The summed E-state index contributed by atoms with van der Waals surface area (Å²) in [5.74, 6) is -1.08. The Balaban J connectivity index is 2.57. The fourth-order valence-electron chi connectivity index (χ4n) is 1.16. The number of nitrogens with zero attached hydrogens (tertiary/aromatic N) is 2. The maximum absolute atomic E-state index is 11.5. The number of carboxylic acid groups (broad SMARTS) is 1. The number of carboxylic acids is 1. The highest BCUT2D eigenvalue weighted by Gasteiger charge is 2.09. The van der Waals surface area contributed by atoms with Crippen molar-refractivity contribution < 1.29 is 14.7 Å². The summed E-state index contributed by atoms with van der Waals surface area (Å²) in [7, 11) is 0. The number of hydrogen-bond acceptors (Lipinski definition) is 3. The van der Waals surface area contributed by atoms with E-state index in [2.05, 4.69) is 10.4 Å². The molecule has 6 heteroatoms. The normalized spacial score (nSPS) is 10.4. The lowest BCUT2D eigenvalue weighted by molar-refractivity contribution is -0.137. The van der Waals surface area contributed by atoms with Crippen LogP contribution in [0.3, 0.4) is 0 Å². The molecule has 1 aromatic rings. The Morgan fingerprint density at radius 2 is 2.25 bits per heavy atom. The van der Waals surface area contributed by atoms with E-state index in [1.54, 1.807) is 6.20 Å². The second-order valence-electron chi connectivity index (χ2n) is 3.76. The highest BCUT2D eigenvalue weighted by Crippen LogP contribution is 1.99. The zero-order valence-corrected chi connectivity index (χ0v) is 9.30. The lowest BCUT2D eigenvalue weighted by Gasteiger charge is -2.05. The third kappa shape index (κ3) is 3.72. The second-order valence-corrected chi connectivity index (χ2v) is 3.76. The molecule has 0 aliphatic carbocycles. The smallest absolute Gasteiger partial charge is 0.305 e. The van der Waals surface area contributed by atoms with Gasteiger partial charge in [-0.2, -0.15) is 5.10 Å². The van der Waals surface area contributed by atoms with Gasteiger partial charge < -0.3 is 10.4 Å². The second kappa shape index (κ2) is 5.29. The maximum atomic E-state index is 11.5. The lowest BCUT2D eigenvalue weighted by Crippen LogP contribution is -2.29. The van der Waals surface area contributed by atoms with Crippen LogP contribution in [0, 0.1) is 0 Å². The summed E-state index contributed by atoms with van der Waals surface area (Å²) in [5.41, 5.74) is 0.444. The average molecular weight is 225 g/mol. The Hall–Kier alpha value is -1.85. The van der Waals surface area contributed by atoms with Gasteiger partial charge in [-0.25, -0.2) is 0 Å². The van der Waals surface area contributed by atoms with Crippen molar-refractivity contribution in [3.05, 3.63) is 18.0 Å². The van der Waals surface area contributed by atoms with Crippen LogP contribution >= 0.6 is 0 Å². The van der Waals surface area contributed by atoms with Crippen LogP contribution in [0.4, 0.5) is 0 Å². The molecule has 6 nitrogen and oxygen atoms in total. The standard InChI is InChI=1S/C10H15N3O3/c1-7(2)12-10(16)8-5-11-13(6-8)4-3-9(14)15/h5-7H,3-4H2,1-2H3,(H,12,16)(H,14,15). The van der Waals surface area contributed by atoms with E-state index in [0.717, 1.165) is 0 Å². The topological polar surface area (TPSA) is 84.2 Å². The molecule has 0 saturated carbocycles. The van der Waals surface area contributed by atoms with Crippen molar-refractivity contribution in [2.24, 2.45) is 0 Å². The van der Waals surface area contributed by atoms with Gasteiger partial charge in [0.05, 0.1) is 24.7 Å². The largest absolute Gasteiger partial charge is 0.481 e. The van der Waals surface area contributed by atoms with Crippen LogP contribution in [-0.2, 0) is 11.3 Å². The first-order chi connectivity index (χ1) is 7.49. The van der Waals surface area contributed by atoms with Gasteiger partial charge in [-0.15, -0.1) is 0 Å². The summed E-state index contributed by atoms with van der Waals surface area (Å²) in [6.07, 6.45) is 2.97. The van der Waals surface area contributed by atoms with E-state index in [1.807, 2.05) is 13.8 Å². The molecule has 1 rings (SSSR count). The molecule has 1 amide bonds. The van der Waals surface area contributed by atoms with E-state index < -0.39 is 5.97 Å². The molecule has 0 radical (unpaired) electrons. The minimum absolute atomic E-state index is 0.00702. The van der Waals surface area contributed by atoms with Gasteiger partial charge in [-0.1, -0.05) is 0 Å². The molecule has 1 heterocycles. The van der Waals surface area contributed by atoms with Crippen LogP contribution in [0.1, 0.15) is 30.6 Å². The predicted octanol–water partition coefficient (Wildman–Crippen LogP) is 0.496. The third-order valence-electron chi connectivity index (χ3n) is 1.87. The summed E-state index contributed by atoms with van der Waals surface area (Å²) >= 11 is 0. The SMILES string of the molecule is CC(C)NC(=O)c1cnn(CCC(=O)O)c1. The van der Waals surface area contributed by atoms with Gasteiger partial charge in [0, 0.05) is 12.2 Å². The summed E-state index contributed by atoms with van der Waals surface area (Å²) in [4.78, 5) is 21.9. The molecule has 1 aromatic heterocycles. The summed E-state index contributed by atoms with van der Waals surface area (Å²) in [6.45, 7) is 4.00. The fraction of sp³-hybridized carbons (Fsp3) is 0.500. The van der Waals surface area contributed by atoms with Gasteiger partial charge in [0.2, 0.25) is 0 Å². The first kappa shape index (κ1) is 12.2. The van der Waals surface area contributed by atoms with Crippen LogP contribution in [0.25, 0.3) is 0 Å². The molecule has 0 aliphatic heterocycles. The molecular weight excluding hydrogens is 210 g/mol. The Morgan fingerprint density at radius 1 is 1.56 bits per heavy atom. The van der Waals surface area contributed by atoms with Gasteiger partial charge in [0.25, 0.3) is 5.91 Å². The van der Waals surface area contributed by atoms with Crippen LogP contribution < -0.4 is 5.32 Å². The van der Waals surface area contributed by atoms with Crippen molar-refractivity contribution in [2.45, 2.75) is 32.9 Å². The molecule has 0 bridgehead atoms. The van der Waals surface area contributed by atoms with E-state index in [4.69, 9.17) is 5.11 Å². The average Bonchev–Trinajstić information content (AvgIpc) is 2.61. The fourth-order valence-corrected chi connectivity index (χ4v) is 1.16. The molecule has 0 aromatic carbocycles. The van der Waals surface area contributed by atoms with Gasteiger partial charge >= 0.3 is 5.97 Å². The number of hydrogen-bond donors (Lipinski definition) is 2. The molecule has 2 N–H and O–H groups in total. The summed E-state index contributed by atoms with van der Waals surface area (Å²) in [6, 6.07) is 0.0647. The van der Waals surface area contributed by atoms with E-state index in [1.165, 1.54) is 10.9 Å². The van der Waals surface area contributed by atoms with Crippen molar-refractivity contribution in [3.8, 4) is 0 Å². The van der Waals surface area contributed by atoms with Crippen LogP contribution in [0.5, 0.6) is 0 Å². The van der Waals surface area contributed by atoms with E-state index >= 15 is 0 Å². The number of aryl methyl sites for hydroxylation is 1. The number of nitrogens with one attached hydrogen (secondary N) is 1. The maximum Gasteiger partial charge on any atom is 0.305 e. The van der Waals surface area contributed by atoms with Crippen molar-refractivity contribution in [3.63, 3.8) is 0 Å². The third-order valence-corrected chi connectivity index (χ3v) is 1.87. The quantitative estimate of drug-likeness (QED) is 0.764. The van der Waals surface area contributed by atoms with E-state index in [9.17, 15) is 9.59 Å². The van der Waals surface area contributed by atoms with E-state index in [0.29, 0.717) is 5.56 Å². The summed E-state index contributed by atoms with van der Waals surface area (Å²) < 4.78 is 1.45. The van der Waals surface area contributed by atoms with Crippen molar-refractivity contribution in [1.29, 1.82) is 0 Å². The molecule has 0 saturated heterocycles. The monoisotopic (exact) mass is 225 g/mol. The van der Waals surface area contributed by atoms with Crippen molar-refractivity contribution in [1.82, 2.24) is 15.1 Å². The molecule has 0 unspecified atom stereocenters. The van der Waals surface area contributed by atoms with Gasteiger partial charge in [0.1, 0.15) is 0 Å². The first-order valence-corrected chi connectivity index (χ1v) is 5.04. The van der Waals surface area contributed by atoms with Crippen LogP contribution in [0.2, 0.25) is 0 Å². The summed E-state index contributed by atoms with van der Waals surface area (Å²) in [5, 5.41) is 15.1. The molecule has 0 fully saturated rings. The van der Waals surface area contributed by atoms with Gasteiger partial charge in [0.15, 0.2) is 0 Å². The molecule has 0 aliphatic rings. The Labute approximate surface area is 93.3 Å². The molecule has 16 heavy (non-hydrogen) atoms. The minimum Gasteiger partial charge on any atom is -0.481 e. The molecular formula is C10H15N3O3. The lowest BCUT2D eigenvalue weighted by atomic mass is 10.3. The highest BCUT2D eigenvalue weighted by atomic mass is 16.4. The number of carbonyl (C=O) groups excluding carboxylic acids is 1. The van der Waals surface area contributed by atoms with Crippen molar-refractivity contribution in [2.75, 3.05) is 0 Å². The highest BCUT2D eigenvalue weighted by molar-refractivity contribution is 5.93. The van der Waals surface area contributed by atoms with Crippen molar-refractivity contribution >= 4 is 11.9 Å². The Bertz CT molecular complexity index is 384. The molecule has 0 spiro atoms. The van der Waals surface area contributed by atoms with Crippen LogP contribution in [0.15, 0.2) is 12.4 Å². The Kier molecular flexibility index (Phi) is 4.04. The van der Waals surface area contributed by atoms with E-state index in [-0.39, 0.29) is 24.9 Å². The number of aromatic nitrogens is 2. The van der Waals surface area contributed by atoms with Crippen LogP contribution in [-0.4, -0.2) is 32.8 Å². The number of rotatable bonds is 5. The first-order valence-electron chi connectivity index (χ1n) is 5.04. The number of carbonyl (C=O) groups is 2. The zero-order chi connectivity index (χ0) is 12.1. The molecule has 88 valence electrons. The minimum atomic E-state index is -0.885. The molecule has 0 atom stereocenters. The number of amides is 1. The number of aliphatic carboxylic acids is 1.